The molecule has 238 valence electrons. The van der Waals surface area contributed by atoms with Crippen LogP contribution in [0, 0.1) is 11.3 Å². The fourth-order valence-electron chi connectivity index (χ4n) is 4.75. The number of rotatable bonds is 11. The van der Waals surface area contributed by atoms with Crippen LogP contribution in [0.5, 0.6) is 5.75 Å². The van der Waals surface area contributed by atoms with Crippen LogP contribution in [0.2, 0.25) is 0 Å². The van der Waals surface area contributed by atoms with E-state index in [1.165, 1.54) is 20.2 Å². The van der Waals surface area contributed by atoms with Gasteiger partial charge in [-0.05, 0) is 49.5 Å². The van der Waals surface area contributed by atoms with Gasteiger partial charge in [-0.1, -0.05) is 32.1 Å². The van der Waals surface area contributed by atoms with Gasteiger partial charge in [0.2, 0.25) is 5.90 Å². The molecule has 0 aliphatic carbocycles. The SMILES string of the molecule is C\C=C(/C(=N\C(NCC1C(C)CC(F)(F)CN1C(=O)C(=N)/C(=C\NC)c1cccc(OC)c1)=C(\C)CC)OC)C(F)(F)F. The number of hydrogen-bond acceptors (Lipinski definition) is 7. The van der Waals surface area contributed by atoms with Gasteiger partial charge in [0.15, 0.2) is 0 Å². The lowest BCUT2D eigenvalue weighted by Gasteiger charge is -2.43. The monoisotopic (exact) mass is 613 g/mol. The molecule has 1 heterocycles. The van der Waals surface area contributed by atoms with Crippen molar-refractivity contribution in [3.63, 3.8) is 0 Å². The minimum atomic E-state index is -4.72. The fourth-order valence-corrected chi connectivity index (χ4v) is 4.75. The zero-order chi connectivity index (χ0) is 32.5. The summed E-state index contributed by atoms with van der Waals surface area (Å²) in [6.45, 7) is 5.20. The second-order valence-electron chi connectivity index (χ2n) is 10.2. The quantitative estimate of drug-likeness (QED) is 0.163. The fraction of sp³-hybridized carbons (Fsp3) is 0.500. The van der Waals surface area contributed by atoms with Crippen LogP contribution in [0.3, 0.4) is 0 Å². The Labute approximate surface area is 249 Å². The molecule has 2 rings (SSSR count). The minimum Gasteiger partial charge on any atom is -0.497 e. The molecule has 13 heteroatoms. The molecule has 0 bridgehead atoms. The number of methoxy groups -OCH3 is 2. The van der Waals surface area contributed by atoms with Gasteiger partial charge in [-0.3, -0.25) is 10.2 Å². The molecule has 8 nitrogen and oxygen atoms in total. The summed E-state index contributed by atoms with van der Waals surface area (Å²) in [6.07, 6.45) is -2.54. The van der Waals surface area contributed by atoms with Gasteiger partial charge in [0, 0.05) is 31.8 Å². The third-order valence-electron chi connectivity index (χ3n) is 7.14. The second kappa shape index (κ2) is 15.0. The van der Waals surface area contributed by atoms with Gasteiger partial charge in [0.05, 0.1) is 26.8 Å². The van der Waals surface area contributed by atoms with Crippen molar-refractivity contribution in [1.82, 2.24) is 15.5 Å². The first-order chi connectivity index (χ1) is 20.1. The number of nitrogens with one attached hydrogen (secondary N) is 3. The number of amides is 1. The van der Waals surface area contributed by atoms with Crippen LogP contribution in [0.4, 0.5) is 22.0 Å². The van der Waals surface area contributed by atoms with Crippen molar-refractivity contribution in [1.29, 1.82) is 5.41 Å². The van der Waals surface area contributed by atoms with E-state index in [2.05, 4.69) is 15.6 Å². The van der Waals surface area contributed by atoms with Gasteiger partial charge >= 0.3 is 6.18 Å². The molecule has 0 aromatic heterocycles. The van der Waals surface area contributed by atoms with E-state index in [0.717, 1.165) is 18.1 Å². The van der Waals surface area contributed by atoms with Crippen LogP contribution < -0.4 is 15.4 Å². The molecule has 0 spiro atoms. The van der Waals surface area contributed by atoms with Crippen molar-refractivity contribution < 1.29 is 36.2 Å². The Morgan fingerprint density at radius 2 is 1.95 bits per heavy atom. The van der Waals surface area contributed by atoms with Crippen LogP contribution >= 0.6 is 0 Å². The molecule has 0 saturated carbocycles. The van der Waals surface area contributed by atoms with E-state index in [1.807, 2.05) is 0 Å². The number of halogens is 5. The maximum atomic E-state index is 14.8. The molecule has 0 radical (unpaired) electrons. The minimum absolute atomic E-state index is 0.0714. The number of hydrogen-bond donors (Lipinski definition) is 3. The summed E-state index contributed by atoms with van der Waals surface area (Å²) in [5, 5.41) is 14.5. The highest BCUT2D eigenvalue weighted by atomic mass is 19.4. The Morgan fingerprint density at radius 3 is 2.49 bits per heavy atom. The summed E-state index contributed by atoms with van der Waals surface area (Å²) in [5.41, 5.74) is -0.365. The number of likely N-dealkylation sites (tertiary alicyclic amines) is 1. The Hall–Kier alpha value is -3.90. The molecule has 1 fully saturated rings. The summed E-state index contributed by atoms with van der Waals surface area (Å²) in [5.74, 6) is -4.97. The molecule has 2 unspecified atom stereocenters. The van der Waals surface area contributed by atoms with Crippen molar-refractivity contribution in [2.75, 3.05) is 34.4 Å². The Kier molecular flexibility index (Phi) is 12.3. The molecule has 3 N–H and O–H groups in total. The number of carbonyl (C=O) groups is 1. The van der Waals surface area contributed by atoms with Crippen LogP contribution in [-0.4, -0.2) is 74.9 Å². The molecular formula is C30H40F5N5O3. The lowest BCUT2D eigenvalue weighted by atomic mass is 9.87. The first-order valence-corrected chi connectivity index (χ1v) is 13.7. The maximum absolute atomic E-state index is 14.8. The average Bonchev–Trinajstić information content (AvgIpc) is 2.95. The number of carbonyl (C=O) groups excluding carboxylic acids is 1. The van der Waals surface area contributed by atoms with E-state index in [1.54, 1.807) is 52.1 Å². The molecule has 1 amide bonds. The molecule has 1 aromatic carbocycles. The largest absolute Gasteiger partial charge is 0.497 e. The molecule has 1 aliphatic rings. The van der Waals surface area contributed by atoms with E-state index in [-0.39, 0.29) is 17.9 Å². The number of piperidine rings is 1. The zero-order valence-electron chi connectivity index (χ0n) is 25.5. The highest BCUT2D eigenvalue weighted by Gasteiger charge is 2.47. The number of nitrogens with zero attached hydrogens (tertiary/aromatic N) is 2. The van der Waals surface area contributed by atoms with Crippen LogP contribution in [-0.2, 0) is 9.53 Å². The van der Waals surface area contributed by atoms with Gasteiger partial charge in [0.25, 0.3) is 11.8 Å². The van der Waals surface area contributed by atoms with Crippen molar-refractivity contribution in [3.8, 4) is 5.75 Å². The Morgan fingerprint density at radius 1 is 1.28 bits per heavy atom. The normalized spacial score (nSPS) is 20.3. The van der Waals surface area contributed by atoms with Crippen molar-refractivity contribution in [2.45, 2.75) is 58.7 Å². The smallest absolute Gasteiger partial charge is 0.421 e. The number of ether oxygens (including phenoxy) is 2. The van der Waals surface area contributed by atoms with E-state index in [4.69, 9.17) is 14.9 Å². The third kappa shape index (κ3) is 9.04. The van der Waals surface area contributed by atoms with Gasteiger partial charge < -0.3 is 25.0 Å². The first kappa shape index (κ1) is 35.3. The summed E-state index contributed by atoms with van der Waals surface area (Å²) in [6, 6.07) is 5.81. The highest BCUT2D eigenvalue weighted by molar-refractivity contribution is 6.54. The van der Waals surface area contributed by atoms with Gasteiger partial charge in [-0.25, -0.2) is 8.78 Å². The highest BCUT2D eigenvalue weighted by Crippen LogP contribution is 2.35. The molecule has 2 atom stereocenters. The zero-order valence-corrected chi connectivity index (χ0v) is 25.5. The van der Waals surface area contributed by atoms with Crippen molar-refractivity contribution >= 4 is 23.1 Å². The number of benzene rings is 1. The third-order valence-corrected chi connectivity index (χ3v) is 7.14. The molecular weight excluding hydrogens is 573 g/mol. The van der Waals surface area contributed by atoms with Gasteiger partial charge in [-0.2, -0.15) is 18.2 Å². The van der Waals surface area contributed by atoms with Gasteiger partial charge in [-0.15, -0.1) is 0 Å². The average molecular weight is 614 g/mol. The van der Waals surface area contributed by atoms with E-state index in [9.17, 15) is 26.7 Å². The standard InChI is InChI=1S/C30H40F5N5O3/c1-8-18(3)26(39-27(43-7)23(9-2)30(33,34)35)38-16-24-19(4)14-29(31,32)17-40(24)28(41)25(36)22(15-37-5)20-11-10-12-21(13-20)42-6/h9-13,15,19,24,36-38H,8,14,16-17H2,1-7H3/b22-15-,23-9+,26-18-,36-25?,39-27+. The first-order valence-electron chi connectivity index (χ1n) is 13.7. The maximum Gasteiger partial charge on any atom is 0.421 e. The summed E-state index contributed by atoms with van der Waals surface area (Å²) in [4.78, 5) is 18.8. The number of aliphatic imine (C=N–C) groups is 1. The topological polar surface area (TPSA) is 99.0 Å². The summed E-state index contributed by atoms with van der Waals surface area (Å²) in [7, 11) is 4.12. The number of alkyl halides is 5. The molecule has 1 saturated heterocycles. The predicted molar refractivity (Wildman–Crippen MR) is 157 cm³/mol. The number of allylic oxidation sites excluding steroid dienone is 2. The van der Waals surface area contributed by atoms with Crippen LogP contribution in [0.15, 0.2) is 58.5 Å². The van der Waals surface area contributed by atoms with Crippen LogP contribution in [0.25, 0.3) is 5.57 Å². The van der Waals surface area contributed by atoms with E-state index in [0.29, 0.717) is 23.3 Å². The lowest BCUT2D eigenvalue weighted by Crippen LogP contribution is -2.59. The summed E-state index contributed by atoms with van der Waals surface area (Å²) < 4.78 is 80.6. The predicted octanol–water partition coefficient (Wildman–Crippen LogP) is 5.93. The second-order valence-corrected chi connectivity index (χ2v) is 10.2. The van der Waals surface area contributed by atoms with Gasteiger partial charge in [0.1, 0.15) is 22.9 Å². The van der Waals surface area contributed by atoms with E-state index >= 15 is 0 Å². The Bertz CT molecular complexity index is 1290. The Balaban J connectivity index is 2.48. The van der Waals surface area contributed by atoms with Crippen molar-refractivity contribution in [3.05, 3.63) is 59.1 Å². The lowest BCUT2D eigenvalue weighted by molar-refractivity contribution is -0.145. The summed E-state index contributed by atoms with van der Waals surface area (Å²) >= 11 is 0. The van der Waals surface area contributed by atoms with Crippen molar-refractivity contribution in [2.24, 2.45) is 10.9 Å². The molecule has 1 aromatic rings. The van der Waals surface area contributed by atoms with Crippen LogP contribution in [0.1, 0.15) is 46.1 Å². The van der Waals surface area contributed by atoms with E-state index < -0.39 is 60.1 Å². The molecule has 1 aliphatic heterocycles. The molecule has 43 heavy (non-hydrogen) atoms.